The Kier molecular flexibility index (Phi) is 7.58. The molecule has 3 aromatic rings. The minimum Gasteiger partial charge on any atom is -0.445 e. The molecular formula is C30H29Cl3F3N3O3. The zero-order valence-electron chi connectivity index (χ0n) is 22.3. The lowest BCUT2D eigenvalue weighted by atomic mass is 9.79. The van der Waals surface area contributed by atoms with Crippen LogP contribution in [-0.4, -0.2) is 34.6 Å². The molecule has 3 fully saturated rings. The van der Waals surface area contributed by atoms with Gasteiger partial charge in [-0.05, 0) is 80.5 Å². The van der Waals surface area contributed by atoms with Gasteiger partial charge in [0.15, 0.2) is 5.60 Å². The predicted octanol–water partition coefficient (Wildman–Crippen LogP) is 7.23. The monoisotopic (exact) mass is 641 g/mol. The summed E-state index contributed by atoms with van der Waals surface area (Å²) < 4.78 is 49.2. The number of aliphatic hydroxyl groups is 1. The van der Waals surface area contributed by atoms with Crippen LogP contribution in [0.25, 0.3) is 11.5 Å². The van der Waals surface area contributed by atoms with Gasteiger partial charge in [0.05, 0.1) is 17.4 Å². The molecule has 0 radical (unpaired) electrons. The van der Waals surface area contributed by atoms with Crippen molar-refractivity contribution < 1.29 is 27.5 Å². The Hall–Kier alpha value is -2.30. The third-order valence-corrected chi connectivity index (χ3v) is 9.54. The smallest absolute Gasteiger partial charge is 0.416 e. The zero-order chi connectivity index (χ0) is 28.7. The van der Waals surface area contributed by atoms with Crippen molar-refractivity contribution in [2.24, 2.45) is 17.8 Å². The number of carbonyl (C=O) groups excluding carboxylic acids is 1. The number of anilines is 1. The summed E-state index contributed by atoms with van der Waals surface area (Å²) in [6.07, 6.45) is 4.38. The molecule has 0 bridgehead atoms. The zero-order valence-corrected chi connectivity index (χ0v) is 24.7. The maximum absolute atomic E-state index is 14.6. The first-order valence-electron chi connectivity index (χ1n) is 14.0. The van der Waals surface area contributed by atoms with E-state index in [1.807, 2.05) is 0 Å². The van der Waals surface area contributed by atoms with Crippen molar-refractivity contribution in [3.05, 3.63) is 69.5 Å². The fraction of sp³-hybridized carbons (Fsp3) is 0.467. The van der Waals surface area contributed by atoms with Crippen LogP contribution in [0.2, 0.25) is 10.0 Å². The van der Waals surface area contributed by atoms with Crippen LogP contribution in [0.1, 0.15) is 55.2 Å². The second-order valence-electron chi connectivity index (χ2n) is 11.9. The van der Waals surface area contributed by atoms with Gasteiger partial charge in [-0.3, -0.25) is 4.79 Å². The lowest BCUT2D eigenvalue weighted by molar-refractivity contribution is -0.142. The Morgan fingerprint density at radius 3 is 2.38 bits per heavy atom. The van der Waals surface area contributed by atoms with E-state index in [4.69, 9.17) is 27.6 Å². The molecule has 224 valence electrons. The molecule has 2 N–H and O–H groups in total. The highest BCUT2D eigenvalue weighted by atomic mass is 35.5. The van der Waals surface area contributed by atoms with Crippen LogP contribution in [0, 0.1) is 17.8 Å². The molecule has 3 saturated carbocycles. The summed E-state index contributed by atoms with van der Waals surface area (Å²) in [6, 6.07) is 7.15. The van der Waals surface area contributed by atoms with Crippen LogP contribution < -0.4 is 10.2 Å². The van der Waals surface area contributed by atoms with Crippen molar-refractivity contribution in [3.8, 4) is 11.5 Å². The van der Waals surface area contributed by atoms with Gasteiger partial charge in [-0.2, -0.15) is 13.2 Å². The Labute approximate surface area is 257 Å². The number of nitrogens with one attached hydrogen (secondary N) is 1. The predicted molar refractivity (Wildman–Crippen MR) is 155 cm³/mol. The Bertz CT molecular complexity index is 1490. The number of aromatic nitrogens is 1. The topological polar surface area (TPSA) is 78.6 Å². The first-order valence-corrected chi connectivity index (χ1v) is 14.7. The lowest BCUT2D eigenvalue weighted by Gasteiger charge is -2.40. The van der Waals surface area contributed by atoms with Gasteiger partial charge in [0.2, 0.25) is 5.89 Å². The molecule has 6 nitrogen and oxygen atoms in total. The van der Waals surface area contributed by atoms with Gasteiger partial charge < -0.3 is 19.7 Å². The number of oxazole rings is 1. The summed E-state index contributed by atoms with van der Waals surface area (Å²) in [4.78, 5) is 19.4. The van der Waals surface area contributed by atoms with E-state index < -0.39 is 28.8 Å². The van der Waals surface area contributed by atoms with Crippen molar-refractivity contribution >= 4 is 47.2 Å². The summed E-state index contributed by atoms with van der Waals surface area (Å²) in [7, 11) is 0. The van der Waals surface area contributed by atoms with Crippen molar-refractivity contribution in [3.63, 3.8) is 0 Å². The number of alkyl halides is 3. The molecule has 0 spiro atoms. The molecule has 42 heavy (non-hydrogen) atoms. The van der Waals surface area contributed by atoms with Gasteiger partial charge in [0.1, 0.15) is 6.26 Å². The quantitative estimate of drug-likeness (QED) is 0.271. The van der Waals surface area contributed by atoms with Crippen molar-refractivity contribution in [1.82, 2.24) is 10.3 Å². The van der Waals surface area contributed by atoms with Crippen molar-refractivity contribution in [2.45, 2.75) is 62.4 Å². The lowest BCUT2D eigenvalue weighted by Crippen LogP contribution is -2.51. The molecule has 12 heteroatoms. The first-order chi connectivity index (χ1) is 19.5. The summed E-state index contributed by atoms with van der Waals surface area (Å²) in [6.45, 7) is 0.168. The molecular weight excluding hydrogens is 614 g/mol. The maximum Gasteiger partial charge on any atom is 0.416 e. The van der Waals surface area contributed by atoms with E-state index >= 15 is 0 Å². The van der Waals surface area contributed by atoms with Crippen LogP contribution in [0.4, 0.5) is 18.9 Å². The third kappa shape index (κ3) is 5.11. The van der Waals surface area contributed by atoms with Crippen molar-refractivity contribution in [2.75, 3.05) is 11.4 Å². The van der Waals surface area contributed by atoms with E-state index in [-0.39, 0.29) is 57.6 Å². The van der Waals surface area contributed by atoms with Gasteiger partial charge in [-0.15, -0.1) is 12.4 Å². The Balaban J connectivity index is 0.00000316. The number of hydrogen-bond donors (Lipinski definition) is 2. The van der Waals surface area contributed by atoms with E-state index in [0.29, 0.717) is 12.1 Å². The summed E-state index contributed by atoms with van der Waals surface area (Å²) in [5.41, 5.74) is -4.51. The molecule has 3 aliphatic carbocycles. The van der Waals surface area contributed by atoms with Crippen LogP contribution in [0.15, 0.2) is 47.2 Å². The molecule has 1 aliphatic heterocycles. The van der Waals surface area contributed by atoms with Gasteiger partial charge in [0.25, 0.3) is 5.91 Å². The summed E-state index contributed by atoms with van der Waals surface area (Å²) >= 11 is 12.4. The molecule has 2 aromatic carbocycles. The number of fused-ring (bicyclic) bond motifs is 1. The van der Waals surface area contributed by atoms with Crippen LogP contribution >= 0.6 is 35.6 Å². The standard InChI is InChI=1S/C30H28Cl2F3N3O3.ClH/c31-19-5-6-21(23(32)13-19)29(40)25-22(30(33,34)35)11-18(27-36-7-8-41-27)12-24(25)38(28(29)39)14-15-9-20(10-15)37-26(16-1-2-16)17-3-4-17;/h5-8,11-13,15-17,20,26,37,40H,1-4,9-10,14H2;1H/t15-,20-,29?;. The van der Waals surface area contributed by atoms with Gasteiger partial charge in [0, 0.05) is 45.4 Å². The Morgan fingerprint density at radius 1 is 1.12 bits per heavy atom. The van der Waals surface area contributed by atoms with Gasteiger partial charge in [-0.1, -0.05) is 29.3 Å². The molecule has 2 heterocycles. The number of halogens is 6. The van der Waals surface area contributed by atoms with Gasteiger partial charge >= 0.3 is 6.18 Å². The summed E-state index contributed by atoms with van der Waals surface area (Å²) in [5.74, 6) is 0.664. The fourth-order valence-electron chi connectivity index (χ4n) is 6.68. The maximum atomic E-state index is 14.6. The fourth-order valence-corrected chi connectivity index (χ4v) is 7.22. The first kappa shape index (κ1) is 29.8. The second-order valence-corrected chi connectivity index (χ2v) is 12.7. The molecule has 4 aliphatic rings. The molecule has 1 atom stereocenters. The average Bonchev–Trinajstić information content (AvgIpc) is 3.84. The average molecular weight is 643 g/mol. The summed E-state index contributed by atoms with van der Waals surface area (Å²) in [5, 5.41) is 16.0. The number of rotatable bonds is 8. The SMILES string of the molecule is Cl.O=C1N(C[C@H]2C[C@H](NC(C3CC3)C3CC3)C2)c2cc(-c3ncco3)cc(C(F)(F)F)c2C1(O)c1ccc(Cl)cc1Cl. The largest absolute Gasteiger partial charge is 0.445 e. The number of amides is 1. The second kappa shape index (κ2) is 10.7. The molecule has 1 amide bonds. The third-order valence-electron chi connectivity index (χ3n) is 8.99. The molecule has 1 unspecified atom stereocenters. The number of nitrogens with zero attached hydrogens (tertiary/aromatic N) is 2. The minimum absolute atomic E-state index is 0. The van der Waals surface area contributed by atoms with Crippen molar-refractivity contribution in [1.29, 1.82) is 0 Å². The normalized spacial score (nSPS) is 25.4. The van der Waals surface area contributed by atoms with E-state index in [2.05, 4.69) is 10.3 Å². The molecule has 1 aromatic heterocycles. The number of hydrogen-bond acceptors (Lipinski definition) is 5. The number of benzene rings is 2. The van der Waals surface area contributed by atoms with E-state index in [9.17, 15) is 23.1 Å². The minimum atomic E-state index is -4.90. The van der Waals surface area contributed by atoms with Crippen LogP contribution in [0.3, 0.4) is 0 Å². The highest BCUT2D eigenvalue weighted by Gasteiger charge is 2.57. The van der Waals surface area contributed by atoms with Crippen LogP contribution in [-0.2, 0) is 16.6 Å². The molecule has 0 saturated heterocycles. The van der Waals surface area contributed by atoms with E-state index in [0.717, 1.165) is 30.7 Å². The van der Waals surface area contributed by atoms with Crippen LogP contribution in [0.5, 0.6) is 0 Å². The van der Waals surface area contributed by atoms with Gasteiger partial charge in [-0.25, -0.2) is 4.98 Å². The number of carbonyl (C=O) groups is 1. The van der Waals surface area contributed by atoms with E-state index in [1.54, 1.807) is 0 Å². The highest BCUT2D eigenvalue weighted by molar-refractivity contribution is 6.35. The molecule has 7 rings (SSSR count). The highest BCUT2D eigenvalue weighted by Crippen LogP contribution is 2.54. The van der Waals surface area contributed by atoms with E-state index in [1.165, 1.54) is 67.3 Å². The Morgan fingerprint density at radius 2 is 1.81 bits per heavy atom.